The molecule has 0 unspecified atom stereocenters. The summed E-state index contributed by atoms with van der Waals surface area (Å²) in [5.74, 6) is -1.09. The zero-order valence-corrected chi connectivity index (χ0v) is 34.9. The minimum Gasteiger partial charge on any atom is -0.394 e. The van der Waals surface area contributed by atoms with Crippen LogP contribution >= 0.6 is 0 Å². The summed E-state index contributed by atoms with van der Waals surface area (Å²) >= 11 is 0. The highest BCUT2D eigenvalue weighted by atomic mass is 16.6. The summed E-state index contributed by atoms with van der Waals surface area (Å²) in [5.41, 5.74) is 0. The van der Waals surface area contributed by atoms with Crippen molar-refractivity contribution in [1.29, 1.82) is 0 Å². The first kappa shape index (κ1) is 54.9. The second kappa shape index (κ2) is 45.4. The third-order valence-electron chi connectivity index (χ3n) is 7.42. The van der Waals surface area contributed by atoms with Crippen LogP contribution in [-0.4, -0.2) is 239 Å². The highest BCUT2D eigenvalue weighted by molar-refractivity contribution is 6.14. The Morgan fingerprint density at radius 1 is 0.356 bits per heavy atom. The van der Waals surface area contributed by atoms with E-state index in [1.807, 2.05) is 0 Å². The number of rotatable bonds is 50. The molecule has 1 N–H and O–H groups in total. The molecule has 0 aromatic heterocycles. The van der Waals surface area contributed by atoms with Gasteiger partial charge in [-0.3, -0.25) is 19.3 Å². The summed E-state index contributed by atoms with van der Waals surface area (Å²) in [5, 5.41) is 8.59. The summed E-state index contributed by atoms with van der Waals surface area (Å²) in [6, 6.07) is 0. The largest absolute Gasteiger partial charge is 0.394 e. The van der Waals surface area contributed by atoms with Crippen molar-refractivity contribution in [1.82, 2.24) is 4.90 Å². The number of ketones is 1. The molecule has 20 nitrogen and oxygen atoms in total. The maximum Gasteiger partial charge on any atom is 0.254 e. The van der Waals surface area contributed by atoms with Crippen LogP contribution in [0.5, 0.6) is 0 Å². The smallest absolute Gasteiger partial charge is 0.254 e. The molecule has 0 radical (unpaired) electrons. The van der Waals surface area contributed by atoms with Gasteiger partial charge in [0.05, 0.1) is 205 Å². The number of carbonyl (C=O) groups excluding carboxylic acids is 3. The molecule has 20 heteroatoms. The number of Topliss-reactive ketones (excluding diaryl/α,β-unsaturated/α-hetero) is 1. The third-order valence-corrected chi connectivity index (χ3v) is 7.42. The van der Waals surface area contributed by atoms with Gasteiger partial charge in [-0.25, -0.2) is 0 Å². The van der Waals surface area contributed by atoms with Crippen LogP contribution in [0.3, 0.4) is 0 Å². The Balaban J connectivity index is 1.62. The predicted octanol–water partition coefficient (Wildman–Crippen LogP) is -0.498. The molecule has 0 aliphatic carbocycles. The van der Waals surface area contributed by atoms with Crippen molar-refractivity contribution >= 4 is 17.6 Å². The van der Waals surface area contributed by atoms with Gasteiger partial charge in [0.1, 0.15) is 0 Å². The lowest BCUT2D eigenvalue weighted by molar-refractivity contribution is -0.140. The lowest BCUT2D eigenvalue weighted by atomic mass is 10.2. The molecule has 0 bridgehead atoms. The van der Waals surface area contributed by atoms with Crippen LogP contribution < -0.4 is 0 Å². The minimum atomic E-state index is -0.454. The van der Waals surface area contributed by atoms with Gasteiger partial charge in [-0.15, -0.1) is 0 Å². The Morgan fingerprint density at radius 3 is 0.780 bits per heavy atom. The van der Waals surface area contributed by atoms with Crippen LogP contribution in [0.1, 0.15) is 12.8 Å². The molecular weight excluding hydrogens is 786 g/mol. The first-order valence-electron chi connectivity index (χ1n) is 20.5. The van der Waals surface area contributed by atoms with E-state index in [-0.39, 0.29) is 25.4 Å². The molecule has 0 aromatic carbocycles. The van der Waals surface area contributed by atoms with Crippen LogP contribution in [0, 0.1) is 0 Å². The molecule has 0 saturated carbocycles. The van der Waals surface area contributed by atoms with Gasteiger partial charge >= 0.3 is 0 Å². The van der Waals surface area contributed by atoms with E-state index >= 15 is 0 Å². The number of aliphatic hydroxyl groups excluding tert-OH is 1. The first-order valence-corrected chi connectivity index (χ1v) is 20.5. The minimum absolute atomic E-state index is 0.0169. The molecule has 0 fully saturated rings. The molecule has 346 valence electrons. The number of hydrogen-bond acceptors (Lipinski definition) is 19. The Kier molecular flexibility index (Phi) is 42.3. The molecule has 59 heavy (non-hydrogen) atoms. The van der Waals surface area contributed by atoms with E-state index in [0.29, 0.717) is 205 Å². The zero-order chi connectivity index (χ0) is 42.4. The first-order chi connectivity index (χ1) is 29.1. The summed E-state index contributed by atoms with van der Waals surface area (Å²) in [6.07, 6.45) is 3.07. The van der Waals surface area contributed by atoms with E-state index in [0.717, 1.165) is 17.1 Å². The van der Waals surface area contributed by atoms with E-state index in [2.05, 4.69) is 0 Å². The van der Waals surface area contributed by atoms with E-state index in [1.54, 1.807) is 0 Å². The van der Waals surface area contributed by atoms with E-state index in [4.69, 9.17) is 76.2 Å². The Labute approximate surface area is 349 Å². The Morgan fingerprint density at radius 2 is 0.559 bits per heavy atom. The summed E-state index contributed by atoms with van der Waals surface area (Å²) in [6.45, 7) is 13.7. The Hall–Kier alpha value is -2.09. The lowest BCUT2D eigenvalue weighted by Crippen LogP contribution is -2.35. The van der Waals surface area contributed by atoms with Crippen molar-refractivity contribution in [3.8, 4) is 0 Å². The standard InChI is InChI=1S/C39H71NO19/c41-5-7-46-9-11-48-13-15-50-17-19-52-21-23-54-25-27-56-29-31-58-33-35-59-34-32-57-30-28-55-26-24-53-22-20-51-18-16-49-14-12-47-10-8-45-6-1-2-37(42)36-40-38(43)3-4-39(40)44/h3-4,41H,1-2,5-36H2. The van der Waals surface area contributed by atoms with E-state index in [1.165, 1.54) is 0 Å². The third kappa shape index (κ3) is 39.8. The van der Waals surface area contributed by atoms with Crippen molar-refractivity contribution in [2.75, 3.05) is 211 Å². The fourth-order valence-corrected chi connectivity index (χ4v) is 4.46. The molecule has 1 heterocycles. The van der Waals surface area contributed by atoms with Crippen LogP contribution in [0.4, 0.5) is 0 Å². The molecule has 1 rings (SSSR count). The monoisotopic (exact) mass is 857 g/mol. The molecule has 0 aromatic rings. The normalized spacial score (nSPS) is 12.8. The highest BCUT2D eigenvalue weighted by Crippen LogP contribution is 2.05. The van der Waals surface area contributed by atoms with Crippen LogP contribution in [0.15, 0.2) is 12.2 Å². The molecular formula is C39H71NO19. The molecule has 0 spiro atoms. The van der Waals surface area contributed by atoms with E-state index in [9.17, 15) is 14.4 Å². The van der Waals surface area contributed by atoms with Crippen molar-refractivity contribution in [3.05, 3.63) is 12.2 Å². The molecule has 0 saturated heterocycles. The van der Waals surface area contributed by atoms with Gasteiger partial charge in [-0.2, -0.15) is 0 Å². The zero-order valence-electron chi connectivity index (χ0n) is 34.9. The van der Waals surface area contributed by atoms with Gasteiger partial charge in [0.25, 0.3) is 11.8 Å². The number of amides is 2. The second-order valence-corrected chi connectivity index (χ2v) is 12.1. The van der Waals surface area contributed by atoms with Gasteiger partial charge in [0, 0.05) is 25.2 Å². The number of ether oxygens (including phenoxy) is 15. The highest BCUT2D eigenvalue weighted by Gasteiger charge is 2.25. The van der Waals surface area contributed by atoms with Gasteiger partial charge < -0.3 is 76.2 Å². The predicted molar refractivity (Wildman–Crippen MR) is 209 cm³/mol. The molecule has 1 aliphatic rings. The maximum atomic E-state index is 11.9. The van der Waals surface area contributed by atoms with Crippen LogP contribution in [0.25, 0.3) is 0 Å². The molecule has 0 atom stereocenters. The second-order valence-electron chi connectivity index (χ2n) is 12.1. The van der Waals surface area contributed by atoms with Gasteiger partial charge in [0.15, 0.2) is 5.78 Å². The van der Waals surface area contributed by atoms with Gasteiger partial charge in [0.2, 0.25) is 0 Å². The lowest BCUT2D eigenvalue weighted by Gasteiger charge is -2.12. The quantitative estimate of drug-likeness (QED) is 0.0604. The number of hydrogen-bond donors (Lipinski definition) is 1. The summed E-state index contributed by atoms with van der Waals surface area (Å²) in [7, 11) is 0. The Bertz CT molecular complexity index is 961. The summed E-state index contributed by atoms with van der Waals surface area (Å²) in [4.78, 5) is 35.8. The van der Waals surface area contributed by atoms with Crippen molar-refractivity contribution in [2.45, 2.75) is 12.8 Å². The van der Waals surface area contributed by atoms with Crippen molar-refractivity contribution in [3.63, 3.8) is 0 Å². The fraction of sp³-hybridized carbons (Fsp3) is 0.872. The van der Waals surface area contributed by atoms with E-state index < -0.39 is 11.8 Å². The number of aliphatic hydroxyl groups is 1. The van der Waals surface area contributed by atoms with Gasteiger partial charge in [-0.05, 0) is 6.42 Å². The average Bonchev–Trinajstić information content (AvgIpc) is 3.55. The van der Waals surface area contributed by atoms with Crippen LogP contribution in [-0.2, 0) is 85.4 Å². The fourth-order valence-electron chi connectivity index (χ4n) is 4.46. The number of carbonyl (C=O) groups is 3. The number of nitrogens with zero attached hydrogens (tertiary/aromatic N) is 1. The average molecular weight is 858 g/mol. The van der Waals surface area contributed by atoms with Crippen LogP contribution in [0.2, 0.25) is 0 Å². The summed E-state index contributed by atoms with van der Waals surface area (Å²) < 4.78 is 81.4. The van der Waals surface area contributed by atoms with Crippen molar-refractivity contribution in [2.24, 2.45) is 0 Å². The molecule has 2 amide bonds. The maximum absolute atomic E-state index is 11.9. The topological polar surface area (TPSA) is 213 Å². The SMILES string of the molecule is O=C(CCCOCCOCCOCCOCCOCCOCCOCCOCCOCCOCCOCCOCCOCCOCCOCCO)CN1C(=O)C=CC1=O. The molecule has 1 aliphatic heterocycles. The number of imide groups is 1. The van der Waals surface area contributed by atoms with Crippen molar-refractivity contribution < 1.29 is 90.5 Å². The van der Waals surface area contributed by atoms with Gasteiger partial charge in [-0.1, -0.05) is 0 Å².